The van der Waals surface area contributed by atoms with Gasteiger partial charge >= 0.3 is 0 Å². The minimum atomic E-state index is 0.124. The molecule has 0 radical (unpaired) electrons. The van der Waals surface area contributed by atoms with Crippen LogP contribution in [0.25, 0.3) is 0 Å². The summed E-state index contributed by atoms with van der Waals surface area (Å²) in [5.41, 5.74) is 5.03. The van der Waals surface area contributed by atoms with Crippen molar-refractivity contribution >= 4 is 6.21 Å². The molecule has 0 bridgehead atoms. The maximum absolute atomic E-state index is 5.77. The first-order chi connectivity index (χ1) is 11.6. The van der Waals surface area contributed by atoms with Gasteiger partial charge in [-0.1, -0.05) is 18.2 Å². The minimum absolute atomic E-state index is 0.124. The Morgan fingerprint density at radius 2 is 1.75 bits per heavy atom. The number of ether oxygens (including phenoxy) is 3. The highest BCUT2D eigenvalue weighted by Crippen LogP contribution is 2.27. The number of para-hydroxylation sites is 1. The van der Waals surface area contributed by atoms with Gasteiger partial charge in [0.2, 0.25) is 0 Å². The van der Waals surface area contributed by atoms with Crippen LogP contribution in [0.3, 0.4) is 0 Å². The second-order valence-electron chi connectivity index (χ2n) is 5.49. The third-order valence-electron chi connectivity index (χ3n) is 3.31. The van der Waals surface area contributed by atoms with Crippen molar-refractivity contribution in [1.82, 2.24) is 5.43 Å². The van der Waals surface area contributed by atoms with Gasteiger partial charge in [0.1, 0.15) is 5.75 Å². The Hall–Kier alpha value is -2.69. The SMILES string of the molecule is COc1ccc(CN/N=C\c2ccccc2OC(C)C)cc1OC. The van der Waals surface area contributed by atoms with E-state index in [1.165, 1.54) is 0 Å². The van der Waals surface area contributed by atoms with Crippen LogP contribution >= 0.6 is 0 Å². The number of nitrogens with one attached hydrogen (secondary N) is 1. The van der Waals surface area contributed by atoms with Gasteiger partial charge in [-0.05, 0) is 43.7 Å². The summed E-state index contributed by atoms with van der Waals surface area (Å²) in [6, 6.07) is 13.6. The number of methoxy groups -OCH3 is 2. The van der Waals surface area contributed by atoms with Crippen molar-refractivity contribution in [2.45, 2.75) is 26.5 Å². The van der Waals surface area contributed by atoms with E-state index in [2.05, 4.69) is 10.5 Å². The molecule has 128 valence electrons. The first-order valence-corrected chi connectivity index (χ1v) is 7.86. The fraction of sp³-hybridized carbons (Fsp3) is 0.316. The number of rotatable bonds is 8. The van der Waals surface area contributed by atoms with E-state index in [0.717, 1.165) is 16.9 Å². The highest BCUT2D eigenvalue weighted by Gasteiger charge is 2.04. The standard InChI is InChI=1S/C19H24N2O3/c1-14(2)24-17-8-6-5-7-16(17)13-21-20-12-15-9-10-18(22-3)19(11-15)23-4/h5-11,13-14,20H,12H2,1-4H3/b21-13-. The molecule has 5 nitrogen and oxygen atoms in total. The number of nitrogens with zero attached hydrogens (tertiary/aromatic N) is 1. The maximum atomic E-state index is 5.77. The molecule has 0 aliphatic carbocycles. The zero-order valence-corrected chi connectivity index (χ0v) is 14.6. The molecule has 2 rings (SSSR count). The van der Waals surface area contributed by atoms with E-state index in [9.17, 15) is 0 Å². The lowest BCUT2D eigenvalue weighted by Crippen LogP contribution is -2.09. The van der Waals surface area contributed by atoms with E-state index >= 15 is 0 Å². The van der Waals surface area contributed by atoms with Crippen LogP contribution in [0.1, 0.15) is 25.0 Å². The molecule has 2 aromatic carbocycles. The lowest BCUT2D eigenvalue weighted by molar-refractivity contribution is 0.242. The van der Waals surface area contributed by atoms with Gasteiger partial charge in [0.15, 0.2) is 11.5 Å². The molecule has 0 amide bonds. The minimum Gasteiger partial charge on any atom is -0.493 e. The van der Waals surface area contributed by atoms with Crippen LogP contribution in [0, 0.1) is 0 Å². The maximum Gasteiger partial charge on any atom is 0.161 e. The molecule has 0 spiro atoms. The van der Waals surface area contributed by atoms with Crippen LogP contribution < -0.4 is 19.6 Å². The average molecular weight is 328 g/mol. The van der Waals surface area contributed by atoms with Crippen LogP contribution in [-0.4, -0.2) is 26.5 Å². The third kappa shape index (κ3) is 4.91. The summed E-state index contributed by atoms with van der Waals surface area (Å²) in [4.78, 5) is 0. The van der Waals surface area contributed by atoms with Gasteiger partial charge < -0.3 is 19.6 Å². The Labute approximate surface area is 143 Å². The van der Waals surface area contributed by atoms with Crippen molar-refractivity contribution in [2.75, 3.05) is 14.2 Å². The fourth-order valence-electron chi connectivity index (χ4n) is 2.19. The highest BCUT2D eigenvalue weighted by molar-refractivity contribution is 5.83. The zero-order valence-electron chi connectivity index (χ0n) is 14.6. The van der Waals surface area contributed by atoms with Crippen molar-refractivity contribution in [3.63, 3.8) is 0 Å². The molecule has 0 saturated heterocycles. The molecule has 0 aliphatic heterocycles. The van der Waals surface area contributed by atoms with Crippen LogP contribution in [0.4, 0.5) is 0 Å². The summed E-state index contributed by atoms with van der Waals surface area (Å²) in [6.07, 6.45) is 1.89. The van der Waals surface area contributed by atoms with Gasteiger partial charge in [0, 0.05) is 5.56 Å². The van der Waals surface area contributed by atoms with E-state index in [0.29, 0.717) is 18.0 Å². The molecule has 0 aromatic heterocycles. The van der Waals surface area contributed by atoms with Gasteiger partial charge in [-0.2, -0.15) is 5.10 Å². The summed E-state index contributed by atoms with van der Waals surface area (Å²) >= 11 is 0. The van der Waals surface area contributed by atoms with Gasteiger partial charge in [0.05, 0.1) is 33.1 Å². The van der Waals surface area contributed by atoms with E-state index < -0.39 is 0 Å². The Bertz CT molecular complexity index is 684. The average Bonchev–Trinajstić information content (AvgIpc) is 2.59. The Balaban J connectivity index is 1.98. The second-order valence-corrected chi connectivity index (χ2v) is 5.49. The van der Waals surface area contributed by atoms with Crippen LogP contribution in [0.15, 0.2) is 47.6 Å². The summed E-state index contributed by atoms with van der Waals surface area (Å²) in [6.45, 7) is 4.59. The van der Waals surface area contributed by atoms with Crippen LogP contribution in [-0.2, 0) is 6.54 Å². The molecule has 0 aliphatic rings. The molecule has 0 unspecified atom stereocenters. The Kier molecular flexibility index (Phi) is 6.49. The zero-order chi connectivity index (χ0) is 17.4. The van der Waals surface area contributed by atoms with E-state index in [1.807, 2.05) is 56.3 Å². The van der Waals surface area contributed by atoms with E-state index in [1.54, 1.807) is 20.4 Å². The molecular formula is C19H24N2O3. The van der Waals surface area contributed by atoms with Gasteiger partial charge in [-0.3, -0.25) is 0 Å². The fourth-order valence-corrected chi connectivity index (χ4v) is 2.19. The van der Waals surface area contributed by atoms with Crippen molar-refractivity contribution in [2.24, 2.45) is 5.10 Å². The molecule has 0 saturated carbocycles. The molecule has 2 aromatic rings. The summed E-state index contributed by atoms with van der Waals surface area (Å²) < 4.78 is 16.3. The lowest BCUT2D eigenvalue weighted by atomic mass is 10.2. The van der Waals surface area contributed by atoms with Crippen LogP contribution in [0.2, 0.25) is 0 Å². The quantitative estimate of drug-likeness (QED) is 0.594. The summed E-state index contributed by atoms with van der Waals surface area (Å²) in [5, 5.41) is 4.28. The van der Waals surface area contributed by atoms with Crippen molar-refractivity contribution in [1.29, 1.82) is 0 Å². The summed E-state index contributed by atoms with van der Waals surface area (Å²) in [5.74, 6) is 2.24. The highest BCUT2D eigenvalue weighted by atomic mass is 16.5. The molecule has 0 heterocycles. The predicted octanol–water partition coefficient (Wildman–Crippen LogP) is 3.61. The molecule has 0 fully saturated rings. The molecule has 5 heteroatoms. The number of benzene rings is 2. The largest absolute Gasteiger partial charge is 0.493 e. The first-order valence-electron chi connectivity index (χ1n) is 7.86. The predicted molar refractivity (Wildman–Crippen MR) is 96.2 cm³/mol. The number of hydrogen-bond donors (Lipinski definition) is 1. The molecule has 24 heavy (non-hydrogen) atoms. The molecular weight excluding hydrogens is 304 g/mol. The molecule has 1 N–H and O–H groups in total. The Morgan fingerprint density at radius 3 is 2.46 bits per heavy atom. The van der Waals surface area contributed by atoms with Crippen molar-refractivity contribution < 1.29 is 14.2 Å². The molecule has 0 atom stereocenters. The summed E-state index contributed by atoms with van der Waals surface area (Å²) in [7, 11) is 3.25. The number of hydrogen-bond acceptors (Lipinski definition) is 5. The van der Waals surface area contributed by atoms with Gasteiger partial charge in [0.25, 0.3) is 0 Å². The van der Waals surface area contributed by atoms with E-state index in [4.69, 9.17) is 14.2 Å². The lowest BCUT2D eigenvalue weighted by Gasteiger charge is -2.12. The first kappa shape index (κ1) is 17.7. The normalized spacial score (nSPS) is 10.9. The van der Waals surface area contributed by atoms with Gasteiger partial charge in [-0.25, -0.2) is 0 Å². The van der Waals surface area contributed by atoms with Gasteiger partial charge in [-0.15, -0.1) is 0 Å². The van der Waals surface area contributed by atoms with Crippen molar-refractivity contribution in [3.8, 4) is 17.2 Å². The second kappa shape index (κ2) is 8.82. The Morgan fingerprint density at radius 1 is 1.00 bits per heavy atom. The van der Waals surface area contributed by atoms with E-state index in [-0.39, 0.29) is 6.10 Å². The number of hydrazone groups is 1. The monoisotopic (exact) mass is 328 g/mol. The topological polar surface area (TPSA) is 52.1 Å². The van der Waals surface area contributed by atoms with Crippen molar-refractivity contribution in [3.05, 3.63) is 53.6 Å². The smallest absolute Gasteiger partial charge is 0.161 e. The third-order valence-corrected chi connectivity index (χ3v) is 3.31. The van der Waals surface area contributed by atoms with Crippen LogP contribution in [0.5, 0.6) is 17.2 Å².